The second-order valence-corrected chi connectivity index (χ2v) is 12.1. The molecule has 0 aliphatic rings. The van der Waals surface area contributed by atoms with Crippen LogP contribution in [0.3, 0.4) is 0 Å². The van der Waals surface area contributed by atoms with Crippen molar-refractivity contribution in [2.24, 2.45) is 0 Å². The predicted molar refractivity (Wildman–Crippen MR) is 130 cm³/mol. The average Bonchev–Trinajstić information content (AvgIpc) is 2.82. The molecule has 7 nitrogen and oxygen atoms in total. The van der Waals surface area contributed by atoms with Crippen molar-refractivity contribution in [2.75, 3.05) is 12.8 Å². The molecule has 1 unspecified atom stereocenters. The lowest BCUT2D eigenvalue weighted by Crippen LogP contribution is -2.37. The quantitative estimate of drug-likeness (QED) is 0.476. The smallest absolute Gasteiger partial charge is 0.251 e. The van der Waals surface area contributed by atoms with Gasteiger partial charge in [0.2, 0.25) is 0 Å². The van der Waals surface area contributed by atoms with Crippen molar-refractivity contribution >= 4 is 31.4 Å². The number of Topliss-reactive ketones (excluding diaryl/α,β-unsaturated/α-hetero) is 1. The van der Waals surface area contributed by atoms with Crippen LogP contribution in [0.2, 0.25) is 0 Å². The van der Waals surface area contributed by atoms with Crippen molar-refractivity contribution in [3.8, 4) is 0 Å². The van der Waals surface area contributed by atoms with Gasteiger partial charge in [-0.25, -0.2) is 16.8 Å². The number of benzene rings is 3. The van der Waals surface area contributed by atoms with E-state index in [1.165, 1.54) is 55.6 Å². The lowest BCUT2D eigenvalue weighted by molar-refractivity contribution is 0.0959. The number of aryl methyl sites for hydroxylation is 2. The number of amides is 1. The molecule has 1 atom stereocenters. The summed E-state index contributed by atoms with van der Waals surface area (Å²) in [5.74, 6) is -2.15. The van der Waals surface area contributed by atoms with E-state index in [0.29, 0.717) is 0 Å². The van der Waals surface area contributed by atoms with Gasteiger partial charge in [0.15, 0.2) is 25.5 Å². The molecular weight excluding hydrogens is 474 g/mol. The first-order chi connectivity index (χ1) is 16.0. The van der Waals surface area contributed by atoms with Crippen LogP contribution in [-0.2, 0) is 19.7 Å². The zero-order valence-electron chi connectivity index (χ0n) is 19.0. The molecule has 0 heterocycles. The van der Waals surface area contributed by atoms with Crippen LogP contribution in [0.4, 0.5) is 0 Å². The Kier molecular flexibility index (Phi) is 7.38. The average molecular weight is 500 g/mol. The van der Waals surface area contributed by atoms with Crippen LogP contribution >= 0.6 is 0 Å². The molecule has 34 heavy (non-hydrogen) atoms. The third-order valence-corrected chi connectivity index (χ3v) is 9.46. The molecule has 9 heteroatoms. The number of hydrogen-bond acceptors (Lipinski definition) is 6. The molecule has 0 radical (unpaired) electrons. The number of carbonyl (C=O) groups is 2. The molecule has 0 saturated carbocycles. The highest BCUT2D eigenvalue weighted by Gasteiger charge is 2.39. The molecule has 3 aromatic rings. The highest BCUT2D eigenvalue weighted by Crippen LogP contribution is 2.24. The maximum Gasteiger partial charge on any atom is 0.251 e. The molecular formula is C25H25NO6S2. The fourth-order valence-corrected chi connectivity index (χ4v) is 7.16. The minimum atomic E-state index is -4.35. The first kappa shape index (κ1) is 25.3. The Bertz CT molecular complexity index is 1410. The largest absolute Gasteiger partial charge is 0.355 e. The number of nitrogens with one attached hydrogen (secondary N) is 1. The van der Waals surface area contributed by atoms with Gasteiger partial charge in [-0.2, -0.15) is 0 Å². The monoisotopic (exact) mass is 499 g/mol. The van der Waals surface area contributed by atoms with E-state index in [0.717, 1.165) is 11.1 Å². The summed E-state index contributed by atoms with van der Waals surface area (Å²) in [6.45, 7) is 3.59. The van der Waals surface area contributed by atoms with E-state index >= 15 is 0 Å². The number of rotatable bonds is 8. The summed E-state index contributed by atoms with van der Waals surface area (Å²) in [4.78, 5) is 25.0. The fourth-order valence-electron chi connectivity index (χ4n) is 3.36. The van der Waals surface area contributed by atoms with Crippen LogP contribution in [0.1, 0.15) is 31.8 Å². The molecule has 1 amide bonds. The normalized spacial score (nSPS) is 12.7. The highest BCUT2D eigenvalue weighted by atomic mass is 32.2. The Morgan fingerprint density at radius 1 is 0.706 bits per heavy atom. The van der Waals surface area contributed by atoms with Crippen molar-refractivity contribution in [1.29, 1.82) is 0 Å². The number of carbonyl (C=O) groups excluding carboxylic acids is 2. The highest BCUT2D eigenvalue weighted by molar-refractivity contribution is 7.96. The number of hydrogen-bond donors (Lipinski definition) is 1. The van der Waals surface area contributed by atoms with E-state index in [2.05, 4.69) is 5.32 Å². The molecule has 0 aliphatic carbocycles. The van der Waals surface area contributed by atoms with Gasteiger partial charge in [0.05, 0.1) is 15.5 Å². The molecule has 0 aliphatic heterocycles. The van der Waals surface area contributed by atoms with Crippen LogP contribution in [0, 0.1) is 13.8 Å². The third kappa shape index (κ3) is 5.43. The van der Waals surface area contributed by atoms with Crippen molar-refractivity contribution in [1.82, 2.24) is 5.32 Å². The van der Waals surface area contributed by atoms with Gasteiger partial charge in [-0.05, 0) is 50.2 Å². The number of sulfone groups is 2. The predicted octanol–water partition coefficient (Wildman–Crippen LogP) is 3.16. The van der Waals surface area contributed by atoms with Crippen LogP contribution < -0.4 is 5.32 Å². The summed E-state index contributed by atoms with van der Waals surface area (Å²) in [5.41, 5.74) is 1.94. The van der Waals surface area contributed by atoms with Crippen LogP contribution in [0.25, 0.3) is 0 Å². The molecule has 0 bridgehead atoms. The zero-order chi connectivity index (χ0) is 25.1. The van der Waals surface area contributed by atoms with E-state index in [1.807, 2.05) is 0 Å². The zero-order valence-corrected chi connectivity index (χ0v) is 20.6. The Labute approximate surface area is 199 Å². The van der Waals surface area contributed by atoms with Gasteiger partial charge in [0.1, 0.15) is 5.25 Å². The van der Waals surface area contributed by atoms with Crippen LogP contribution in [0.5, 0.6) is 0 Å². The third-order valence-electron chi connectivity index (χ3n) is 5.43. The summed E-state index contributed by atoms with van der Waals surface area (Å²) in [5, 5.41) is 0.589. The Balaban J connectivity index is 2.07. The van der Waals surface area contributed by atoms with Gasteiger partial charge in [-0.15, -0.1) is 0 Å². The van der Waals surface area contributed by atoms with Gasteiger partial charge >= 0.3 is 0 Å². The number of ketones is 1. The SMILES string of the molecule is CNC(=O)c1ccc(C(=O)C(CS(=O)(=O)c2ccc(C)cc2)S(=O)(=O)c2ccc(C)cc2)cc1. The van der Waals surface area contributed by atoms with E-state index in [9.17, 15) is 26.4 Å². The van der Waals surface area contributed by atoms with E-state index in [1.54, 1.807) is 38.1 Å². The van der Waals surface area contributed by atoms with Crippen molar-refractivity contribution < 1.29 is 26.4 Å². The van der Waals surface area contributed by atoms with Gasteiger partial charge in [0.25, 0.3) is 5.91 Å². The summed E-state index contributed by atoms with van der Waals surface area (Å²) < 4.78 is 53.3. The summed E-state index contributed by atoms with van der Waals surface area (Å²) >= 11 is 0. The summed E-state index contributed by atoms with van der Waals surface area (Å²) in [7, 11) is -7.01. The lowest BCUT2D eigenvalue weighted by atomic mass is 10.1. The van der Waals surface area contributed by atoms with Gasteiger partial charge in [-0.1, -0.05) is 47.5 Å². The Morgan fingerprint density at radius 3 is 1.62 bits per heavy atom. The van der Waals surface area contributed by atoms with E-state index < -0.39 is 36.5 Å². The van der Waals surface area contributed by atoms with Crippen molar-refractivity contribution in [3.63, 3.8) is 0 Å². The van der Waals surface area contributed by atoms with Crippen molar-refractivity contribution in [2.45, 2.75) is 28.9 Å². The van der Waals surface area contributed by atoms with E-state index in [4.69, 9.17) is 0 Å². The van der Waals surface area contributed by atoms with Gasteiger partial charge in [0, 0.05) is 18.2 Å². The molecule has 3 aromatic carbocycles. The molecule has 178 valence electrons. The maximum absolute atomic E-state index is 13.5. The summed E-state index contributed by atoms with van der Waals surface area (Å²) in [6.07, 6.45) is 0. The second-order valence-electron chi connectivity index (χ2n) is 7.96. The molecule has 3 rings (SSSR count). The van der Waals surface area contributed by atoms with Gasteiger partial charge in [-0.3, -0.25) is 9.59 Å². The maximum atomic E-state index is 13.5. The topological polar surface area (TPSA) is 114 Å². The fraction of sp³-hybridized carbons (Fsp3) is 0.200. The molecule has 1 N–H and O–H groups in total. The molecule has 0 aromatic heterocycles. The Morgan fingerprint density at radius 2 is 1.15 bits per heavy atom. The standard InChI is InChI=1S/C25H25NO6S2/c1-17-4-12-21(13-5-17)33(29,30)16-23(34(31,32)22-14-6-18(2)7-15-22)24(27)19-8-10-20(11-9-19)25(28)26-3/h4-15,23H,16H2,1-3H3,(H,26,28). The second kappa shape index (κ2) is 9.90. The van der Waals surface area contributed by atoms with Crippen molar-refractivity contribution in [3.05, 3.63) is 95.1 Å². The minimum absolute atomic E-state index is 0.00699. The summed E-state index contributed by atoms with van der Waals surface area (Å²) in [6, 6.07) is 17.3. The lowest BCUT2D eigenvalue weighted by Gasteiger charge is -2.18. The molecule has 0 saturated heterocycles. The van der Waals surface area contributed by atoms with Gasteiger partial charge < -0.3 is 5.32 Å². The first-order valence-corrected chi connectivity index (χ1v) is 13.6. The molecule has 0 spiro atoms. The minimum Gasteiger partial charge on any atom is -0.355 e. The Hall–Kier alpha value is -3.30. The van der Waals surface area contributed by atoms with Crippen LogP contribution in [-0.4, -0.2) is 46.6 Å². The first-order valence-electron chi connectivity index (χ1n) is 10.4. The van der Waals surface area contributed by atoms with E-state index in [-0.39, 0.29) is 26.8 Å². The van der Waals surface area contributed by atoms with Crippen LogP contribution in [0.15, 0.2) is 82.6 Å². The molecule has 0 fully saturated rings.